The fourth-order valence-electron chi connectivity index (χ4n) is 2.27. The van der Waals surface area contributed by atoms with Gasteiger partial charge >= 0.3 is 15.6 Å². The quantitative estimate of drug-likeness (QED) is 0.167. The number of aromatic nitrogens is 4. The Morgan fingerprint density at radius 1 is 1.37 bits per heavy atom. The zero-order valence-electron chi connectivity index (χ0n) is 16.4. The van der Waals surface area contributed by atoms with Gasteiger partial charge in [-0.3, -0.25) is 14.8 Å². The van der Waals surface area contributed by atoms with Gasteiger partial charge in [-0.15, -0.1) is 5.10 Å². The van der Waals surface area contributed by atoms with Crippen molar-refractivity contribution in [3.8, 4) is 11.7 Å². The zero-order valence-corrected chi connectivity index (χ0v) is 19.4. The van der Waals surface area contributed by atoms with Crippen LogP contribution < -0.4 is 4.74 Å². The van der Waals surface area contributed by atoms with Crippen LogP contribution in [0.4, 0.5) is 5.69 Å². The Morgan fingerprint density at radius 3 is 2.56 bits per heavy atom. The maximum absolute atomic E-state index is 11.4. The largest absolute Gasteiger partial charge is 0.472 e. The highest BCUT2D eigenvalue weighted by atomic mass is 127. The number of hydrogen-bond donors (Lipinski definition) is 0. The topological polar surface area (TPSA) is 97.2 Å². The first-order valence-corrected chi connectivity index (χ1v) is 10.8. The zero-order chi connectivity index (χ0) is 20.6. The van der Waals surface area contributed by atoms with Gasteiger partial charge in [0.25, 0.3) is 0 Å². The molecule has 2 aromatic heterocycles. The minimum atomic E-state index is -0.460. The van der Waals surface area contributed by atoms with E-state index in [2.05, 4.69) is 32.6 Å². The van der Waals surface area contributed by atoms with Crippen molar-refractivity contribution in [2.45, 2.75) is 34.1 Å². The summed E-state index contributed by atoms with van der Waals surface area (Å²) in [5.41, 5.74) is 1.10. The van der Waals surface area contributed by atoms with Crippen molar-refractivity contribution >= 4 is 43.7 Å². The molecule has 0 aliphatic heterocycles. The Kier molecular flexibility index (Phi) is 10.2. The third-order valence-electron chi connectivity index (χ3n) is 3.39. The van der Waals surface area contributed by atoms with Gasteiger partial charge in [0.05, 0.1) is 17.2 Å². The molecule has 2 aromatic rings. The molecule has 0 fully saturated rings. The third-order valence-corrected chi connectivity index (χ3v) is 5.96. The Labute approximate surface area is 177 Å². The molecule has 0 amide bonds. The van der Waals surface area contributed by atoms with Crippen molar-refractivity contribution in [3.05, 3.63) is 27.6 Å². The van der Waals surface area contributed by atoms with E-state index in [1.807, 2.05) is 26.8 Å². The highest BCUT2D eigenvalue weighted by Gasteiger charge is 2.28. The molecule has 0 spiro atoms. The minimum Gasteiger partial charge on any atom is -0.472 e. The van der Waals surface area contributed by atoms with Crippen LogP contribution in [0.15, 0.2) is 6.07 Å². The van der Waals surface area contributed by atoms with Crippen molar-refractivity contribution in [2.24, 2.45) is 7.05 Å². The van der Waals surface area contributed by atoms with Gasteiger partial charge in [0.2, 0.25) is 0 Å². The Morgan fingerprint density at radius 2 is 2.04 bits per heavy atom. The van der Waals surface area contributed by atoms with Crippen molar-refractivity contribution in [2.75, 3.05) is 19.5 Å². The molecule has 150 valence electrons. The molecule has 0 aliphatic rings. The van der Waals surface area contributed by atoms with E-state index in [-0.39, 0.29) is 15.6 Å². The summed E-state index contributed by atoms with van der Waals surface area (Å²) in [5.74, 6) is 1.51. The molecule has 0 aromatic carbocycles. The number of hydrogen-bond acceptors (Lipinski definition) is 7. The van der Waals surface area contributed by atoms with Crippen LogP contribution in [0.2, 0.25) is 0 Å². The lowest BCUT2D eigenvalue weighted by molar-refractivity contribution is -0.386. The van der Waals surface area contributed by atoms with E-state index in [0.29, 0.717) is 18.1 Å². The van der Waals surface area contributed by atoms with Gasteiger partial charge in [-0.2, -0.15) is 16.7 Å². The molecule has 0 N–H and O–H groups in total. The van der Waals surface area contributed by atoms with Crippen LogP contribution in [0.3, 0.4) is 0 Å². The van der Waals surface area contributed by atoms with Gasteiger partial charge in [-0.05, 0) is 26.0 Å². The van der Waals surface area contributed by atoms with Crippen LogP contribution in [0.25, 0.3) is 5.82 Å². The number of halogens is 1. The number of nitro groups is 1. The molecular formula is C15H25BIN5O4S. The van der Waals surface area contributed by atoms with Gasteiger partial charge in [-0.25, -0.2) is 4.68 Å². The van der Waals surface area contributed by atoms with Gasteiger partial charge < -0.3 is 9.39 Å². The molecule has 0 saturated carbocycles. The van der Waals surface area contributed by atoms with Crippen LogP contribution in [0.5, 0.6) is 5.88 Å². The summed E-state index contributed by atoms with van der Waals surface area (Å²) in [6.07, 6.45) is 0.738. The van der Waals surface area contributed by atoms with Crippen molar-refractivity contribution in [1.29, 1.82) is 0 Å². The SMILES string of the molecule is CC.COB(I)SCCCOc1nn(-c2cc(C)nn2C)c(C)c1[N+](=O)[O-]. The monoisotopic (exact) mass is 509 g/mol. The summed E-state index contributed by atoms with van der Waals surface area (Å²) >= 11 is 3.83. The summed E-state index contributed by atoms with van der Waals surface area (Å²) in [6.45, 7) is 7.85. The highest BCUT2D eigenvalue weighted by Crippen LogP contribution is 2.31. The lowest BCUT2D eigenvalue weighted by Gasteiger charge is -2.04. The molecule has 0 radical (unpaired) electrons. The van der Waals surface area contributed by atoms with Crippen LogP contribution in [0, 0.1) is 24.0 Å². The number of nitrogens with zero attached hydrogens (tertiary/aromatic N) is 5. The molecule has 12 heteroatoms. The number of rotatable bonds is 9. The predicted molar refractivity (Wildman–Crippen MR) is 117 cm³/mol. The number of aryl methyl sites for hydroxylation is 2. The van der Waals surface area contributed by atoms with Crippen molar-refractivity contribution < 1.29 is 14.3 Å². The van der Waals surface area contributed by atoms with Crippen LogP contribution in [0.1, 0.15) is 31.7 Å². The third kappa shape index (κ3) is 6.38. The smallest absolute Gasteiger partial charge is 0.434 e. The first-order valence-electron chi connectivity index (χ1n) is 8.51. The Bertz CT molecular complexity index is 755. The minimum absolute atomic E-state index is 0.0316. The summed E-state index contributed by atoms with van der Waals surface area (Å²) < 4.78 is 13.9. The summed E-state index contributed by atoms with van der Waals surface area (Å²) in [6, 6.07) is 1.81. The molecule has 2 heterocycles. The Hall–Kier alpha value is -1.28. The van der Waals surface area contributed by atoms with E-state index < -0.39 is 4.92 Å². The average molecular weight is 509 g/mol. The van der Waals surface area contributed by atoms with Crippen LogP contribution in [-0.4, -0.2) is 48.0 Å². The average Bonchev–Trinajstić information content (AvgIpc) is 3.14. The highest BCUT2D eigenvalue weighted by molar-refractivity contribution is 14.1. The van der Waals surface area contributed by atoms with Crippen molar-refractivity contribution in [3.63, 3.8) is 0 Å². The maximum Gasteiger partial charge on any atom is 0.434 e. The van der Waals surface area contributed by atoms with Gasteiger partial charge in [-0.1, -0.05) is 36.2 Å². The Balaban J connectivity index is 0.00000176. The first kappa shape index (κ1) is 23.8. The van der Waals surface area contributed by atoms with E-state index in [1.165, 1.54) is 4.68 Å². The van der Waals surface area contributed by atoms with E-state index >= 15 is 0 Å². The summed E-state index contributed by atoms with van der Waals surface area (Å²) in [7, 11) is 3.42. The fourth-order valence-corrected chi connectivity index (χ4v) is 3.63. The molecule has 0 aliphatic carbocycles. The standard InChI is InChI=1S/C13H19BIN5O4S.C2H6/c1-9-8-11(18(3)16-9)19-10(2)12(20(21)22)13(17-19)24-6-5-7-25-14(15)23-4;1-2/h8H,5-7H2,1-4H3;1-2H3. The lowest BCUT2D eigenvalue weighted by Crippen LogP contribution is -2.07. The molecule has 0 bridgehead atoms. The molecule has 0 atom stereocenters. The van der Waals surface area contributed by atoms with Gasteiger partial charge in [0, 0.05) is 20.2 Å². The first-order chi connectivity index (χ1) is 12.8. The molecule has 0 saturated heterocycles. The van der Waals surface area contributed by atoms with Gasteiger partial charge in [0.15, 0.2) is 5.82 Å². The van der Waals surface area contributed by atoms with E-state index in [4.69, 9.17) is 9.39 Å². The molecule has 27 heavy (non-hydrogen) atoms. The van der Waals surface area contributed by atoms with E-state index in [9.17, 15) is 10.1 Å². The van der Waals surface area contributed by atoms with E-state index in [0.717, 1.165) is 17.9 Å². The second kappa shape index (κ2) is 11.5. The lowest BCUT2D eigenvalue weighted by atomic mass is 10.4. The maximum atomic E-state index is 11.4. The molecular weight excluding hydrogens is 484 g/mol. The normalized spacial score (nSPS) is 10.3. The van der Waals surface area contributed by atoms with Gasteiger partial charge in [0.1, 0.15) is 5.69 Å². The van der Waals surface area contributed by atoms with E-state index in [1.54, 1.807) is 37.4 Å². The molecule has 9 nitrogen and oxygen atoms in total. The predicted octanol–water partition coefficient (Wildman–Crippen LogP) is 3.73. The fraction of sp³-hybridized carbons (Fsp3) is 0.600. The van der Waals surface area contributed by atoms with Crippen LogP contribution in [-0.2, 0) is 11.7 Å². The summed E-state index contributed by atoms with van der Waals surface area (Å²) in [5, 5.41) is 20.0. The second-order valence-electron chi connectivity index (χ2n) is 5.26. The number of ether oxygens (including phenoxy) is 1. The molecule has 2 rings (SSSR count). The second-order valence-corrected chi connectivity index (χ2v) is 8.40. The summed E-state index contributed by atoms with van der Waals surface area (Å²) in [4.78, 5) is 11.0. The van der Waals surface area contributed by atoms with Crippen LogP contribution >= 0.6 is 34.0 Å². The molecule has 0 unspecified atom stereocenters. The van der Waals surface area contributed by atoms with Crippen molar-refractivity contribution in [1.82, 2.24) is 19.6 Å².